The minimum absolute atomic E-state index is 0.0920. The zero-order valence-electron chi connectivity index (χ0n) is 14.4. The van der Waals surface area contributed by atoms with E-state index >= 15 is 0 Å². The van der Waals surface area contributed by atoms with Gasteiger partial charge in [-0.25, -0.2) is 0 Å². The fourth-order valence-corrected chi connectivity index (χ4v) is 2.97. The molecule has 4 heteroatoms. The smallest absolute Gasteiger partial charge is 0.184 e. The number of hydrogen-bond acceptors (Lipinski definition) is 4. The average Bonchev–Trinajstić information content (AvgIpc) is 2.67. The van der Waals surface area contributed by atoms with Gasteiger partial charge in [-0.05, 0) is 12.5 Å². The van der Waals surface area contributed by atoms with Crippen molar-refractivity contribution in [1.82, 2.24) is 4.98 Å². The predicted octanol–water partition coefficient (Wildman–Crippen LogP) is 4.67. The molecule has 0 aliphatic rings. The lowest BCUT2D eigenvalue weighted by Crippen LogP contribution is -2.30. The van der Waals surface area contributed by atoms with Crippen molar-refractivity contribution in [3.63, 3.8) is 0 Å². The highest BCUT2D eigenvalue weighted by atomic mass is 16.1. The van der Waals surface area contributed by atoms with E-state index in [9.17, 15) is 4.79 Å². The number of nitrogens with one attached hydrogen (secondary N) is 1. The van der Waals surface area contributed by atoms with E-state index in [0.29, 0.717) is 11.3 Å². The Hall–Kier alpha value is -2.88. The Morgan fingerprint density at radius 2 is 1.84 bits per heavy atom. The van der Waals surface area contributed by atoms with E-state index < -0.39 is 0 Å². The fourth-order valence-electron chi connectivity index (χ4n) is 2.97. The van der Waals surface area contributed by atoms with Crippen molar-refractivity contribution < 1.29 is 4.79 Å². The first kappa shape index (κ1) is 17.0. The number of benzene rings is 2. The summed E-state index contributed by atoms with van der Waals surface area (Å²) in [4.78, 5) is 17.3. The number of aromatic nitrogens is 1. The molecule has 3 aromatic rings. The molecule has 4 nitrogen and oxygen atoms in total. The van der Waals surface area contributed by atoms with Gasteiger partial charge in [0, 0.05) is 10.9 Å². The van der Waals surface area contributed by atoms with Gasteiger partial charge in [-0.3, -0.25) is 9.78 Å². The van der Waals surface area contributed by atoms with Crippen LogP contribution in [0.2, 0.25) is 0 Å². The molecule has 1 heterocycles. The summed E-state index contributed by atoms with van der Waals surface area (Å²) >= 11 is 0. The third-order valence-electron chi connectivity index (χ3n) is 4.34. The molecule has 3 rings (SSSR count). The molecule has 25 heavy (non-hydrogen) atoms. The van der Waals surface area contributed by atoms with Crippen LogP contribution in [-0.2, 0) is 0 Å². The number of nitrogens with two attached hydrogens (primary N) is 1. The van der Waals surface area contributed by atoms with Crippen LogP contribution in [0.15, 0.2) is 60.8 Å². The van der Waals surface area contributed by atoms with E-state index in [1.54, 1.807) is 6.20 Å². The van der Waals surface area contributed by atoms with E-state index in [4.69, 9.17) is 5.73 Å². The number of hydrogen-bond donors (Lipinski definition) is 2. The lowest BCUT2D eigenvalue weighted by Gasteiger charge is -2.21. The number of carbonyl (C=O) groups excluding carboxylic acids is 1. The number of unbranched alkanes of at least 4 members (excludes halogenated alkanes) is 1. The van der Waals surface area contributed by atoms with Crippen molar-refractivity contribution in [2.24, 2.45) is 0 Å². The van der Waals surface area contributed by atoms with E-state index in [1.165, 1.54) is 0 Å². The highest BCUT2D eigenvalue weighted by molar-refractivity contribution is 6.04. The summed E-state index contributed by atoms with van der Waals surface area (Å²) in [6.07, 6.45) is 4.42. The molecule has 1 atom stereocenters. The summed E-state index contributed by atoms with van der Waals surface area (Å²) in [6.45, 7) is 2.13. The van der Waals surface area contributed by atoms with Crippen LogP contribution in [0.3, 0.4) is 0 Å². The molecule has 0 fully saturated rings. The van der Waals surface area contributed by atoms with Crippen LogP contribution in [0.5, 0.6) is 0 Å². The van der Waals surface area contributed by atoms with Gasteiger partial charge >= 0.3 is 0 Å². The van der Waals surface area contributed by atoms with Crippen LogP contribution in [0.1, 0.15) is 36.5 Å². The zero-order valence-corrected chi connectivity index (χ0v) is 14.4. The molecule has 3 N–H and O–H groups in total. The summed E-state index contributed by atoms with van der Waals surface area (Å²) < 4.78 is 0. The Kier molecular flexibility index (Phi) is 5.29. The predicted molar refractivity (Wildman–Crippen MR) is 104 cm³/mol. The SMILES string of the molecule is CCCCC(Nc1c(N)cnc2ccccc12)C(=O)c1ccccc1. The number of pyridine rings is 1. The first-order chi connectivity index (χ1) is 12.2. The molecular formula is C21H23N3O. The summed E-state index contributed by atoms with van der Waals surface area (Å²) in [6, 6.07) is 16.9. The number of Topliss-reactive ketones (excluding diaryl/α,β-unsaturated/α-hetero) is 1. The van der Waals surface area contributed by atoms with Gasteiger partial charge in [-0.2, -0.15) is 0 Å². The molecule has 0 radical (unpaired) electrons. The quantitative estimate of drug-likeness (QED) is 0.617. The highest BCUT2D eigenvalue weighted by Gasteiger charge is 2.21. The van der Waals surface area contributed by atoms with Gasteiger partial charge in [-0.15, -0.1) is 0 Å². The van der Waals surface area contributed by atoms with Gasteiger partial charge in [0.25, 0.3) is 0 Å². The number of rotatable bonds is 7. The Morgan fingerprint density at radius 3 is 2.60 bits per heavy atom. The maximum atomic E-state index is 13.0. The van der Waals surface area contributed by atoms with Gasteiger partial charge < -0.3 is 11.1 Å². The minimum atomic E-state index is -0.310. The van der Waals surface area contributed by atoms with Gasteiger partial charge in [0.2, 0.25) is 0 Å². The Bertz CT molecular complexity index is 861. The maximum Gasteiger partial charge on any atom is 0.184 e. The third-order valence-corrected chi connectivity index (χ3v) is 4.34. The first-order valence-electron chi connectivity index (χ1n) is 8.69. The van der Waals surface area contributed by atoms with Crippen LogP contribution >= 0.6 is 0 Å². The van der Waals surface area contributed by atoms with E-state index in [0.717, 1.165) is 35.9 Å². The minimum Gasteiger partial charge on any atom is -0.396 e. The molecule has 0 amide bonds. The van der Waals surface area contributed by atoms with Crippen LogP contribution in [-0.4, -0.2) is 16.8 Å². The van der Waals surface area contributed by atoms with E-state index in [2.05, 4.69) is 17.2 Å². The Labute approximate surface area is 148 Å². The summed E-state index contributed by atoms with van der Waals surface area (Å²) in [7, 11) is 0. The van der Waals surface area contributed by atoms with Crippen LogP contribution in [0.4, 0.5) is 11.4 Å². The number of fused-ring (bicyclic) bond motifs is 1. The maximum absolute atomic E-state index is 13.0. The lowest BCUT2D eigenvalue weighted by molar-refractivity contribution is 0.0965. The molecule has 0 saturated heterocycles. The van der Waals surface area contributed by atoms with Crippen molar-refractivity contribution in [2.75, 3.05) is 11.1 Å². The fraction of sp³-hybridized carbons (Fsp3) is 0.238. The van der Waals surface area contributed by atoms with Crippen molar-refractivity contribution in [3.8, 4) is 0 Å². The first-order valence-corrected chi connectivity index (χ1v) is 8.69. The molecule has 0 spiro atoms. The van der Waals surface area contributed by atoms with Crippen LogP contribution in [0.25, 0.3) is 10.9 Å². The number of nitrogen functional groups attached to an aromatic ring is 1. The summed E-state index contributed by atoms with van der Waals surface area (Å²) in [5.41, 5.74) is 9.09. The largest absolute Gasteiger partial charge is 0.396 e. The molecule has 0 aliphatic heterocycles. The van der Waals surface area contributed by atoms with Gasteiger partial charge in [0.15, 0.2) is 5.78 Å². The van der Waals surface area contributed by atoms with Crippen LogP contribution in [0, 0.1) is 0 Å². The Balaban J connectivity index is 1.96. The topological polar surface area (TPSA) is 68.0 Å². The summed E-state index contributed by atoms with van der Waals surface area (Å²) in [5, 5.41) is 4.34. The van der Waals surface area contributed by atoms with Crippen molar-refractivity contribution >= 4 is 28.1 Å². The summed E-state index contributed by atoms with van der Waals surface area (Å²) in [5.74, 6) is 0.0920. The van der Waals surface area contributed by atoms with Crippen molar-refractivity contribution in [3.05, 3.63) is 66.4 Å². The molecular weight excluding hydrogens is 310 g/mol. The van der Waals surface area contributed by atoms with E-state index in [1.807, 2.05) is 54.6 Å². The average molecular weight is 333 g/mol. The Morgan fingerprint density at radius 1 is 1.12 bits per heavy atom. The third kappa shape index (κ3) is 3.79. The second kappa shape index (κ2) is 7.79. The van der Waals surface area contributed by atoms with Crippen molar-refractivity contribution in [1.29, 1.82) is 0 Å². The molecule has 1 aromatic heterocycles. The number of anilines is 2. The number of carbonyl (C=O) groups is 1. The second-order valence-electron chi connectivity index (χ2n) is 6.18. The number of nitrogens with zero attached hydrogens (tertiary/aromatic N) is 1. The van der Waals surface area contributed by atoms with Crippen LogP contribution < -0.4 is 11.1 Å². The molecule has 1 unspecified atom stereocenters. The van der Waals surface area contributed by atoms with Gasteiger partial charge in [0.05, 0.1) is 29.1 Å². The number of ketones is 1. The molecule has 0 saturated carbocycles. The molecule has 2 aromatic carbocycles. The standard InChI is InChI=1S/C21H23N3O/c1-2-3-12-19(21(25)15-9-5-4-6-10-15)24-20-16-11-7-8-13-18(16)23-14-17(20)22/h4-11,13-14,19H,2-3,12,22H2,1H3,(H,23,24). The monoisotopic (exact) mass is 333 g/mol. The van der Waals surface area contributed by atoms with E-state index in [-0.39, 0.29) is 11.8 Å². The van der Waals surface area contributed by atoms with Gasteiger partial charge in [0.1, 0.15) is 0 Å². The van der Waals surface area contributed by atoms with Crippen molar-refractivity contribution in [2.45, 2.75) is 32.2 Å². The second-order valence-corrected chi connectivity index (χ2v) is 6.18. The molecule has 0 bridgehead atoms. The zero-order chi connectivity index (χ0) is 17.6. The normalized spacial score (nSPS) is 12.0. The van der Waals surface area contributed by atoms with Gasteiger partial charge in [-0.1, -0.05) is 68.3 Å². The highest BCUT2D eigenvalue weighted by Crippen LogP contribution is 2.29. The number of para-hydroxylation sites is 1. The molecule has 0 aliphatic carbocycles. The lowest BCUT2D eigenvalue weighted by atomic mass is 9.98. The molecule has 128 valence electrons.